The Morgan fingerprint density at radius 2 is 1.13 bits per heavy atom. The Morgan fingerprint density at radius 1 is 0.733 bits per heavy atom. The predicted octanol–water partition coefficient (Wildman–Crippen LogP) is 4.21. The number of ether oxygens (including phenoxy) is 4. The van der Waals surface area contributed by atoms with E-state index in [1.54, 1.807) is 69.2 Å². The molecule has 2 amide bonds. The van der Waals surface area contributed by atoms with E-state index in [9.17, 15) is 19.2 Å². The summed E-state index contributed by atoms with van der Waals surface area (Å²) in [4.78, 5) is 51.0. The molecule has 0 rings (SSSR count). The summed E-state index contributed by atoms with van der Waals surface area (Å²) in [7, 11) is 0. The van der Waals surface area contributed by atoms with Crippen LogP contribution in [0.1, 0.15) is 82.1 Å². The third kappa shape index (κ3) is 11.6. The van der Waals surface area contributed by atoms with Gasteiger partial charge in [-0.1, -0.05) is 0 Å². The molecule has 0 saturated heterocycles. The van der Waals surface area contributed by atoms with Gasteiger partial charge < -0.3 is 18.9 Å². The topological polar surface area (TPSA) is 108 Å². The smallest absolute Gasteiger partial charge is 0.420 e. The number of rotatable bonds is 6. The van der Waals surface area contributed by atoms with E-state index >= 15 is 0 Å². The molecule has 9 heteroatoms. The molecular formula is C21H37NO8. The van der Waals surface area contributed by atoms with Gasteiger partial charge in [0.05, 0.1) is 6.61 Å². The van der Waals surface area contributed by atoms with Crippen LogP contribution in [0.3, 0.4) is 0 Å². The number of carbonyl (C=O) groups excluding carboxylic acids is 4. The molecular weight excluding hydrogens is 394 g/mol. The Bertz CT molecular complexity index is 594. The maximum absolute atomic E-state index is 12.9. The summed E-state index contributed by atoms with van der Waals surface area (Å²) >= 11 is 0. The van der Waals surface area contributed by atoms with Crippen LogP contribution in [-0.2, 0) is 28.5 Å². The lowest BCUT2D eigenvalue weighted by molar-refractivity contribution is -0.161. The zero-order chi connectivity index (χ0) is 23.9. The fourth-order valence-electron chi connectivity index (χ4n) is 2.16. The van der Waals surface area contributed by atoms with Crippen molar-refractivity contribution in [1.29, 1.82) is 0 Å². The Labute approximate surface area is 179 Å². The molecule has 0 N–H and O–H groups in total. The zero-order valence-corrected chi connectivity index (χ0v) is 19.9. The third-order valence-electron chi connectivity index (χ3n) is 3.10. The minimum atomic E-state index is -1.43. The number of hydrogen-bond acceptors (Lipinski definition) is 8. The van der Waals surface area contributed by atoms with Crippen LogP contribution in [0.4, 0.5) is 9.59 Å². The standard InChI is InChI=1S/C21H37NO8/c1-11-27-15(23)13-12-14(16(24)28-19(2,3)4)22(17(25)29-20(5,6)7)18(26)30-21(8,9)10/h14H,11-13H2,1-10H3/t14-/m0/s1. The SMILES string of the molecule is CCOC(=O)CC[C@@H](C(=O)OC(C)(C)C)N(C(=O)OC(C)(C)C)C(=O)OC(C)(C)C. The molecule has 174 valence electrons. The lowest BCUT2D eigenvalue weighted by Crippen LogP contribution is -2.53. The first-order chi connectivity index (χ1) is 13.4. The molecule has 0 fully saturated rings. The predicted molar refractivity (Wildman–Crippen MR) is 110 cm³/mol. The Morgan fingerprint density at radius 3 is 1.47 bits per heavy atom. The van der Waals surface area contributed by atoms with Gasteiger partial charge in [-0.05, 0) is 75.7 Å². The molecule has 0 aliphatic rings. The van der Waals surface area contributed by atoms with Crippen molar-refractivity contribution in [1.82, 2.24) is 4.90 Å². The molecule has 1 atom stereocenters. The number of hydrogen-bond donors (Lipinski definition) is 0. The summed E-state index contributed by atoms with van der Waals surface area (Å²) in [6, 6.07) is -1.43. The largest absolute Gasteiger partial charge is 0.466 e. The highest BCUT2D eigenvalue weighted by Gasteiger charge is 2.42. The van der Waals surface area contributed by atoms with Gasteiger partial charge >= 0.3 is 24.1 Å². The number of imide groups is 1. The van der Waals surface area contributed by atoms with Crippen molar-refractivity contribution in [3.8, 4) is 0 Å². The van der Waals surface area contributed by atoms with E-state index in [-0.39, 0.29) is 19.4 Å². The van der Waals surface area contributed by atoms with Crippen molar-refractivity contribution in [2.24, 2.45) is 0 Å². The van der Waals surface area contributed by atoms with Gasteiger partial charge in [0.15, 0.2) is 0 Å². The normalized spacial score (nSPS) is 13.1. The van der Waals surface area contributed by atoms with Gasteiger partial charge in [-0.2, -0.15) is 4.90 Å². The fraction of sp³-hybridized carbons (Fsp3) is 0.810. The van der Waals surface area contributed by atoms with Gasteiger partial charge in [-0.3, -0.25) is 4.79 Å². The van der Waals surface area contributed by atoms with Crippen molar-refractivity contribution >= 4 is 24.1 Å². The van der Waals surface area contributed by atoms with Crippen molar-refractivity contribution < 1.29 is 38.1 Å². The second kappa shape index (κ2) is 10.6. The minimum absolute atomic E-state index is 0.164. The van der Waals surface area contributed by atoms with Gasteiger partial charge in [0, 0.05) is 6.42 Å². The van der Waals surface area contributed by atoms with E-state index in [0.717, 1.165) is 0 Å². The van der Waals surface area contributed by atoms with E-state index in [2.05, 4.69) is 0 Å². The first kappa shape index (κ1) is 27.7. The van der Waals surface area contributed by atoms with Gasteiger partial charge in [0.25, 0.3) is 0 Å². The van der Waals surface area contributed by atoms with Gasteiger partial charge in [0.1, 0.15) is 22.8 Å². The van der Waals surface area contributed by atoms with E-state index in [0.29, 0.717) is 4.90 Å². The maximum atomic E-state index is 12.9. The molecule has 0 radical (unpaired) electrons. The van der Waals surface area contributed by atoms with Gasteiger partial charge in [-0.25, -0.2) is 14.4 Å². The number of amides is 2. The van der Waals surface area contributed by atoms with Crippen LogP contribution >= 0.6 is 0 Å². The van der Waals surface area contributed by atoms with Crippen LogP contribution in [0.5, 0.6) is 0 Å². The summed E-state index contributed by atoms with van der Waals surface area (Å²) in [6.45, 7) is 16.5. The highest BCUT2D eigenvalue weighted by atomic mass is 16.6. The molecule has 30 heavy (non-hydrogen) atoms. The highest BCUT2D eigenvalue weighted by Crippen LogP contribution is 2.22. The lowest BCUT2D eigenvalue weighted by Gasteiger charge is -2.33. The van der Waals surface area contributed by atoms with Crippen molar-refractivity contribution in [3.05, 3.63) is 0 Å². The molecule has 0 aromatic rings. The van der Waals surface area contributed by atoms with E-state index < -0.39 is 47.0 Å². The van der Waals surface area contributed by atoms with Crippen LogP contribution < -0.4 is 0 Å². The maximum Gasteiger partial charge on any atom is 0.420 e. The Hall–Kier alpha value is -2.32. The average Bonchev–Trinajstić information content (AvgIpc) is 2.45. The second-order valence-corrected chi connectivity index (χ2v) is 9.72. The number of esters is 2. The molecule has 9 nitrogen and oxygen atoms in total. The summed E-state index contributed by atoms with van der Waals surface area (Å²) < 4.78 is 20.9. The second-order valence-electron chi connectivity index (χ2n) is 9.72. The Balaban J connectivity index is 6.05. The van der Waals surface area contributed by atoms with Crippen molar-refractivity contribution in [2.75, 3.05) is 6.61 Å². The van der Waals surface area contributed by atoms with Crippen LogP contribution in [0.15, 0.2) is 0 Å². The summed E-state index contributed by atoms with van der Waals surface area (Å²) in [5, 5.41) is 0. The molecule has 0 aromatic carbocycles. The van der Waals surface area contributed by atoms with E-state index in [4.69, 9.17) is 18.9 Å². The van der Waals surface area contributed by atoms with Crippen LogP contribution in [0.2, 0.25) is 0 Å². The number of carbonyl (C=O) groups is 4. The minimum Gasteiger partial charge on any atom is -0.466 e. The molecule has 0 spiro atoms. The van der Waals surface area contributed by atoms with Crippen LogP contribution in [0.25, 0.3) is 0 Å². The van der Waals surface area contributed by atoms with Gasteiger partial charge in [0.2, 0.25) is 0 Å². The molecule has 0 heterocycles. The molecule has 0 aromatic heterocycles. The van der Waals surface area contributed by atoms with E-state index in [1.807, 2.05) is 0 Å². The van der Waals surface area contributed by atoms with Gasteiger partial charge in [-0.15, -0.1) is 0 Å². The zero-order valence-electron chi connectivity index (χ0n) is 19.9. The van der Waals surface area contributed by atoms with Crippen LogP contribution in [0, 0.1) is 0 Å². The molecule has 0 saturated carbocycles. The van der Waals surface area contributed by atoms with Crippen molar-refractivity contribution in [3.63, 3.8) is 0 Å². The van der Waals surface area contributed by atoms with E-state index in [1.165, 1.54) is 0 Å². The first-order valence-corrected chi connectivity index (χ1v) is 10.00. The highest BCUT2D eigenvalue weighted by molar-refractivity contribution is 5.94. The molecule has 0 aliphatic heterocycles. The summed E-state index contributed by atoms with van der Waals surface area (Å²) in [6.07, 6.45) is -2.56. The molecule has 0 unspecified atom stereocenters. The fourth-order valence-corrected chi connectivity index (χ4v) is 2.16. The summed E-state index contributed by atoms with van der Waals surface area (Å²) in [5.74, 6) is -1.43. The summed E-state index contributed by atoms with van der Waals surface area (Å²) in [5.41, 5.74) is -2.75. The third-order valence-corrected chi connectivity index (χ3v) is 3.10. The molecule has 0 aliphatic carbocycles. The average molecular weight is 432 g/mol. The quantitative estimate of drug-likeness (QED) is 0.454. The van der Waals surface area contributed by atoms with Crippen LogP contribution in [-0.4, -0.2) is 58.5 Å². The molecule has 0 bridgehead atoms. The van der Waals surface area contributed by atoms with Crippen molar-refractivity contribution in [2.45, 2.75) is 105 Å². The number of nitrogens with zero attached hydrogens (tertiary/aromatic N) is 1. The Kier molecular flexibility index (Phi) is 9.81. The lowest BCUT2D eigenvalue weighted by atomic mass is 10.1. The monoisotopic (exact) mass is 431 g/mol. The first-order valence-electron chi connectivity index (χ1n) is 10.00.